The van der Waals surface area contributed by atoms with E-state index in [0.717, 1.165) is 16.7 Å². The lowest BCUT2D eigenvalue weighted by atomic mass is 10.00. The van der Waals surface area contributed by atoms with Crippen LogP contribution < -0.4 is 0 Å². The first kappa shape index (κ1) is 22.8. The minimum atomic E-state index is -1.37. The molecule has 0 aliphatic heterocycles. The van der Waals surface area contributed by atoms with E-state index in [0.29, 0.717) is 21.9 Å². The zero-order chi connectivity index (χ0) is 20.9. The molecule has 0 saturated carbocycles. The average molecular weight is 438 g/mol. The Balaban J connectivity index is 2.13. The number of rotatable bonds is 6. The zero-order valence-electron chi connectivity index (χ0n) is 16.4. The molecular weight excluding hydrogens is 414 g/mol. The summed E-state index contributed by atoms with van der Waals surface area (Å²) in [6, 6.07) is 10.6. The van der Waals surface area contributed by atoms with Gasteiger partial charge in [-0.1, -0.05) is 28.1 Å². The molecule has 0 amide bonds. The van der Waals surface area contributed by atoms with Crippen LogP contribution in [0.25, 0.3) is 0 Å². The van der Waals surface area contributed by atoms with Crippen LogP contribution in [0.4, 0.5) is 0 Å². The fourth-order valence-electron chi connectivity index (χ4n) is 2.49. The van der Waals surface area contributed by atoms with Gasteiger partial charge in [0.05, 0.1) is 18.4 Å². The van der Waals surface area contributed by atoms with E-state index in [1.54, 1.807) is 30.5 Å². The lowest BCUT2D eigenvalue weighted by Gasteiger charge is -2.18. The molecule has 150 valence electrons. The van der Waals surface area contributed by atoms with Gasteiger partial charge in [-0.3, -0.25) is 0 Å². The number of nitrogens with zero attached hydrogens (tertiary/aromatic N) is 1. The van der Waals surface area contributed by atoms with E-state index >= 15 is 0 Å². The van der Waals surface area contributed by atoms with Gasteiger partial charge in [0.25, 0.3) is 0 Å². The third kappa shape index (κ3) is 6.27. The van der Waals surface area contributed by atoms with E-state index in [1.165, 1.54) is 0 Å². The molecule has 0 fully saturated rings. The summed E-state index contributed by atoms with van der Waals surface area (Å²) in [7, 11) is 0. The van der Waals surface area contributed by atoms with Crippen molar-refractivity contribution < 1.29 is 14.1 Å². The molecule has 0 saturated heterocycles. The van der Waals surface area contributed by atoms with Crippen LogP contribution in [0.15, 0.2) is 45.7 Å². The van der Waals surface area contributed by atoms with Gasteiger partial charge in [0.2, 0.25) is 0 Å². The van der Waals surface area contributed by atoms with Gasteiger partial charge in [-0.2, -0.15) is 0 Å². The van der Waals surface area contributed by atoms with E-state index in [-0.39, 0.29) is 6.61 Å². The van der Waals surface area contributed by atoms with Crippen LogP contribution >= 0.6 is 24.2 Å². The minimum absolute atomic E-state index is 0.201. The highest BCUT2D eigenvalue weighted by atomic mass is 35.5. The van der Waals surface area contributed by atoms with Crippen LogP contribution in [-0.4, -0.2) is 28.1 Å². The van der Waals surface area contributed by atoms with E-state index in [9.17, 15) is 9.35 Å². The second kappa shape index (κ2) is 9.83. The molecule has 1 atom stereocenters. The van der Waals surface area contributed by atoms with Crippen molar-refractivity contribution in [1.82, 2.24) is 0 Å². The largest absolute Gasteiger partial charge is 0.591 e. The summed E-state index contributed by atoms with van der Waals surface area (Å²) < 4.78 is 21.4. The molecule has 2 aromatic rings. The summed E-state index contributed by atoms with van der Waals surface area (Å²) in [6.07, 6.45) is 2.08. The normalized spacial score (nSPS) is 13.0. The summed E-state index contributed by atoms with van der Waals surface area (Å²) in [6.45, 7) is 7.73. The molecule has 0 aliphatic rings. The van der Waals surface area contributed by atoms with Crippen molar-refractivity contribution in [2.24, 2.45) is 4.40 Å². The van der Waals surface area contributed by atoms with Crippen LogP contribution in [-0.2, 0) is 22.5 Å². The van der Waals surface area contributed by atoms with Crippen LogP contribution in [0.3, 0.4) is 0 Å². The molecule has 28 heavy (non-hydrogen) atoms. The molecule has 1 unspecified atom stereocenters. The molecule has 0 aliphatic carbocycles. The van der Waals surface area contributed by atoms with Gasteiger partial charge >= 0.3 is 5.97 Å². The Kier molecular flexibility index (Phi) is 8.01. The van der Waals surface area contributed by atoms with Crippen molar-refractivity contribution in [3.63, 3.8) is 0 Å². The van der Waals surface area contributed by atoms with Gasteiger partial charge in [0.15, 0.2) is 0 Å². The fraction of sp³-hybridized carbons (Fsp3) is 0.333. The van der Waals surface area contributed by atoms with Crippen LogP contribution in [0, 0.1) is 6.92 Å². The van der Waals surface area contributed by atoms with E-state index in [2.05, 4.69) is 17.0 Å². The Morgan fingerprint density at radius 3 is 2.64 bits per heavy atom. The summed E-state index contributed by atoms with van der Waals surface area (Å²) in [5.41, 5.74) is 3.11. The maximum Gasteiger partial charge on any atom is 0.339 e. The van der Waals surface area contributed by atoms with E-state index in [4.69, 9.17) is 16.3 Å². The molecule has 0 N–H and O–H groups in total. The SMILES string of the molecule is Cc1cc(Cl)cc(C=N[S+]([O-])C(C)(C)C)c1CCOC(=O)c1ccccc1S. The Labute approximate surface area is 180 Å². The predicted molar refractivity (Wildman–Crippen MR) is 119 cm³/mol. The maximum absolute atomic E-state index is 12.2. The van der Waals surface area contributed by atoms with Crippen LogP contribution in [0.1, 0.15) is 47.8 Å². The topological polar surface area (TPSA) is 61.7 Å². The maximum atomic E-state index is 12.2. The number of ether oxygens (including phenoxy) is 1. The first-order chi connectivity index (χ1) is 13.1. The zero-order valence-corrected chi connectivity index (χ0v) is 18.8. The lowest BCUT2D eigenvalue weighted by molar-refractivity contribution is 0.0505. The molecule has 7 heteroatoms. The quantitative estimate of drug-likeness (QED) is 0.292. The molecule has 4 nitrogen and oxygen atoms in total. The van der Waals surface area contributed by atoms with Crippen molar-refractivity contribution in [3.05, 3.63) is 63.7 Å². The van der Waals surface area contributed by atoms with Gasteiger partial charge in [0.1, 0.15) is 16.1 Å². The van der Waals surface area contributed by atoms with Crippen molar-refractivity contribution in [2.75, 3.05) is 6.61 Å². The smallest absolute Gasteiger partial charge is 0.339 e. The third-order valence-electron chi connectivity index (χ3n) is 3.99. The molecule has 2 aromatic carbocycles. The van der Waals surface area contributed by atoms with Crippen LogP contribution in [0.5, 0.6) is 0 Å². The number of thiol groups is 1. The number of halogens is 1. The Hall–Kier alpha value is -1.47. The number of hydrogen-bond acceptors (Lipinski definition) is 5. The van der Waals surface area contributed by atoms with Gasteiger partial charge < -0.3 is 9.29 Å². The monoisotopic (exact) mass is 437 g/mol. The van der Waals surface area contributed by atoms with Gasteiger partial charge in [0, 0.05) is 21.9 Å². The van der Waals surface area contributed by atoms with E-state index < -0.39 is 22.1 Å². The average Bonchev–Trinajstić information content (AvgIpc) is 2.60. The number of carbonyl (C=O) groups is 1. The minimum Gasteiger partial charge on any atom is -0.591 e. The van der Waals surface area contributed by atoms with Crippen molar-refractivity contribution in [3.8, 4) is 0 Å². The molecule has 0 radical (unpaired) electrons. The highest BCUT2D eigenvalue weighted by Gasteiger charge is 2.26. The molecule has 0 spiro atoms. The molecule has 0 bridgehead atoms. The van der Waals surface area contributed by atoms with Crippen LogP contribution in [0.2, 0.25) is 5.02 Å². The van der Waals surface area contributed by atoms with E-state index in [1.807, 2.05) is 39.8 Å². The highest BCUT2D eigenvalue weighted by molar-refractivity contribution is 7.91. The second-order valence-corrected chi connectivity index (χ2v) is 10.1. The Bertz CT molecular complexity index is 878. The van der Waals surface area contributed by atoms with Gasteiger partial charge in [-0.05, 0) is 63.1 Å². The first-order valence-electron chi connectivity index (χ1n) is 8.80. The summed E-state index contributed by atoms with van der Waals surface area (Å²) in [5.74, 6) is -0.415. The lowest BCUT2D eigenvalue weighted by Crippen LogP contribution is -2.25. The number of aryl methyl sites for hydroxylation is 1. The molecular formula is C21H24ClNO3S2. The second-order valence-electron chi connectivity index (χ2n) is 7.29. The van der Waals surface area contributed by atoms with Crippen molar-refractivity contribution >= 4 is 47.8 Å². The number of carbonyl (C=O) groups excluding carboxylic acids is 1. The third-order valence-corrected chi connectivity index (χ3v) is 5.95. The predicted octanol–water partition coefficient (Wildman–Crippen LogP) is 5.22. The fourth-order valence-corrected chi connectivity index (χ4v) is 3.55. The number of esters is 1. The van der Waals surface area contributed by atoms with Crippen molar-refractivity contribution in [2.45, 2.75) is 43.8 Å². The summed E-state index contributed by atoms with van der Waals surface area (Å²) in [4.78, 5) is 12.8. The molecule has 0 aromatic heterocycles. The number of benzene rings is 2. The van der Waals surface area contributed by atoms with Crippen molar-refractivity contribution in [1.29, 1.82) is 0 Å². The Morgan fingerprint density at radius 2 is 2.00 bits per heavy atom. The molecule has 2 rings (SSSR count). The first-order valence-corrected chi connectivity index (χ1v) is 10.7. The summed E-state index contributed by atoms with van der Waals surface area (Å²) in [5, 5.41) is 0.574. The van der Waals surface area contributed by atoms with Gasteiger partial charge in [-0.25, -0.2) is 4.79 Å². The standard InChI is InChI=1S/C21H24ClNO3S2/c1-14-11-16(22)12-15(13-23-28(25)21(2,3)4)17(14)9-10-26-20(24)18-7-5-6-8-19(18)27/h5-8,11-13,27H,9-10H2,1-4H3. The highest BCUT2D eigenvalue weighted by Crippen LogP contribution is 2.22. The molecule has 0 heterocycles. The van der Waals surface area contributed by atoms with Gasteiger partial charge in [-0.15, -0.1) is 12.6 Å². The number of hydrogen-bond donors (Lipinski definition) is 1. The summed E-state index contributed by atoms with van der Waals surface area (Å²) >= 11 is 9.09. The Morgan fingerprint density at radius 1 is 1.32 bits per heavy atom.